The third kappa shape index (κ3) is 2.16. The number of amides is 1. The maximum absolute atomic E-state index is 13.8. The van der Waals surface area contributed by atoms with Gasteiger partial charge in [-0.2, -0.15) is 0 Å². The van der Waals surface area contributed by atoms with E-state index in [1.807, 2.05) is 0 Å². The number of ketones is 1. The van der Waals surface area contributed by atoms with Crippen LogP contribution in [0, 0.1) is 5.82 Å². The van der Waals surface area contributed by atoms with Gasteiger partial charge >= 0.3 is 0 Å². The summed E-state index contributed by atoms with van der Waals surface area (Å²) in [4.78, 5) is 25.7. The van der Waals surface area contributed by atoms with Crippen LogP contribution < -0.4 is 4.90 Å². The predicted molar refractivity (Wildman–Crippen MR) is 75.1 cm³/mol. The molecule has 21 heavy (non-hydrogen) atoms. The van der Waals surface area contributed by atoms with E-state index in [1.54, 1.807) is 24.3 Å². The van der Waals surface area contributed by atoms with E-state index in [9.17, 15) is 19.1 Å². The fraction of sp³-hybridized carbons (Fsp3) is 0.125. The lowest BCUT2D eigenvalue weighted by molar-refractivity contribution is 0.0952. The lowest BCUT2D eigenvalue weighted by Crippen LogP contribution is -2.37. The number of rotatable bonds is 1. The Kier molecular flexibility index (Phi) is 3.17. The second-order valence-electron chi connectivity index (χ2n) is 4.78. The Morgan fingerprint density at radius 1 is 1.14 bits per heavy atom. The molecule has 1 amide bonds. The van der Waals surface area contributed by atoms with Crippen molar-refractivity contribution in [1.29, 1.82) is 0 Å². The van der Waals surface area contributed by atoms with Gasteiger partial charge in [0.1, 0.15) is 17.1 Å². The molecule has 3 rings (SSSR count). The molecule has 0 saturated carbocycles. The molecule has 1 heterocycles. The number of nitrogens with zero attached hydrogens (tertiary/aromatic N) is 1. The van der Waals surface area contributed by atoms with Crippen molar-refractivity contribution in [3.8, 4) is 5.75 Å². The summed E-state index contributed by atoms with van der Waals surface area (Å²) >= 11 is 0. The molecular formula is C16H12FNO3. The molecule has 1 aliphatic heterocycles. The van der Waals surface area contributed by atoms with Gasteiger partial charge in [0.15, 0.2) is 5.78 Å². The van der Waals surface area contributed by atoms with Gasteiger partial charge in [0.05, 0.1) is 5.69 Å². The van der Waals surface area contributed by atoms with Crippen LogP contribution in [0.15, 0.2) is 42.5 Å². The molecule has 5 heteroatoms. The van der Waals surface area contributed by atoms with E-state index in [0.717, 1.165) is 6.07 Å². The quantitative estimate of drug-likeness (QED) is 0.876. The maximum atomic E-state index is 13.8. The van der Waals surface area contributed by atoms with E-state index < -0.39 is 17.5 Å². The first-order valence-electron chi connectivity index (χ1n) is 6.51. The average molecular weight is 285 g/mol. The van der Waals surface area contributed by atoms with Gasteiger partial charge in [-0.25, -0.2) is 4.39 Å². The fourth-order valence-corrected chi connectivity index (χ4v) is 2.48. The van der Waals surface area contributed by atoms with E-state index in [0.29, 0.717) is 11.3 Å². The molecule has 0 spiro atoms. The van der Waals surface area contributed by atoms with E-state index in [2.05, 4.69) is 0 Å². The smallest absolute Gasteiger partial charge is 0.265 e. The molecule has 0 aliphatic carbocycles. The minimum Gasteiger partial charge on any atom is -0.507 e. The first-order valence-corrected chi connectivity index (χ1v) is 6.51. The topological polar surface area (TPSA) is 57.6 Å². The Morgan fingerprint density at radius 3 is 2.67 bits per heavy atom. The third-order valence-corrected chi connectivity index (χ3v) is 3.51. The van der Waals surface area contributed by atoms with Crippen LogP contribution in [0.25, 0.3) is 0 Å². The molecule has 0 atom stereocenters. The molecule has 0 radical (unpaired) electrons. The molecule has 2 aromatic carbocycles. The van der Waals surface area contributed by atoms with Gasteiger partial charge in [0.2, 0.25) is 0 Å². The van der Waals surface area contributed by atoms with Crippen molar-refractivity contribution in [1.82, 2.24) is 0 Å². The summed E-state index contributed by atoms with van der Waals surface area (Å²) in [5, 5.41) is 9.74. The highest BCUT2D eigenvalue weighted by atomic mass is 19.1. The highest BCUT2D eigenvalue weighted by molar-refractivity contribution is 6.14. The number of hydrogen-bond donors (Lipinski definition) is 1. The number of carbonyl (C=O) groups excluding carboxylic acids is 2. The second kappa shape index (κ2) is 5.01. The second-order valence-corrected chi connectivity index (χ2v) is 4.78. The monoisotopic (exact) mass is 285 g/mol. The van der Waals surface area contributed by atoms with Crippen molar-refractivity contribution < 1.29 is 19.1 Å². The number of aromatic hydroxyl groups is 1. The van der Waals surface area contributed by atoms with Gasteiger partial charge in [0, 0.05) is 18.5 Å². The lowest BCUT2D eigenvalue weighted by atomic mass is 9.99. The van der Waals surface area contributed by atoms with E-state index in [1.165, 1.54) is 17.0 Å². The standard InChI is InChI=1S/C16H12FNO3/c17-11-5-3-7-14(20)15(11)16(21)18-9-8-13(19)10-4-1-2-6-12(10)18/h1-7,20H,8-9H2. The van der Waals surface area contributed by atoms with Crippen LogP contribution in [-0.2, 0) is 0 Å². The Morgan fingerprint density at radius 2 is 1.90 bits per heavy atom. The van der Waals surface area contributed by atoms with Gasteiger partial charge < -0.3 is 10.0 Å². The van der Waals surface area contributed by atoms with Gasteiger partial charge in [-0.05, 0) is 24.3 Å². The molecule has 0 bridgehead atoms. The van der Waals surface area contributed by atoms with Crippen LogP contribution in [0.3, 0.4) is 0 Å². The van der Waals surface area contributed by atoms with Crippen molar-refractivity contribution in [3.63, 3.8) is 0 Å². The lowest BCUT2D eigenvalue weighted by Gasteiger charge is -2.28. The Labute approximate surface area is 120 Å². The summed E-state index contributed by atoms with van der Waals surface area (Å²) in [5.41, 5.74) is 0.510. The average Bonchev–Trinajstić information content (AvgIpc) is 2.47. The van der Waals surface area contributed by atoms with Crippen LogP contribution in [0.2, 0.25) is 0 Å². The number of phenols is 1. The third-order valence-electron chi connectivity index (χ3n) is 3.51. The van der Waals surface area contributed by atoms with Crippen LogP contribution in [0.1, 0.15) is 27.1 Å². The number of anilines is 1. The summed E-state index contributed by atoms with van der Waals surface area (Å²) < 4.78 is 13.8. The number of halogens is 1. The van der Waals surface area contributed by atoms with Crippen LogP contribution >= 0.6 is 0 Å². The van der Waals surface area contributed by atoms with Gasteiger partial charge in [-0.15, -0.1) is 0 Å². The van der Waals surface area contributed by atoms with Crippen LogP contribution in [-0.4, -0.2) is 23.3 Å². The van der Waals surface area contributed by atoms with Crippen molar-refractivity contribution in [2.75, 3.05) is 11.4 Å². The van der Waals surface area contributed by atoms with Crippen LogP contribution in [0.4, 0.5) is 10.1 Å². The van der Waals surface area contributed by atoms with Crippen molar-refractivity contribution in [3.05, 3.63) is 59.4 Å². The Balaban J connectivity index is 2.08. The largest absolute Gasteiger partial charge is 0.507 e. The highest BCUT2D eigenvalue weighted by Gasteiger charge is 2.30. The zero-order valence-corrected chi connectivity index (χ0v) is 11.0. The van der Waals surface area contributed by atoms with Gasteiger partial charge in [-0.1, -0.05) is 18.2 Å². The van der Waals surface area contributed by atoms with Crippen molar-refractivity contribution in [2.24, 2.45) is 0 Å². The first kappa shape index (κ1) is 13.3. The Hall–Kier alpha value is -2.69. The number of benzene rings is 2. The number of hydrogen-bond acceptors (Lipinski definition) is 3. The molecule has 1 aliphatic rings. The number of fused-ring (bicyclic) bond motifs is 1. The first-order chi connectivity index (χ1) is 10.1. The molecule has 1 N–H and O–H groups in total. The molecule has 0 aromatic heterocycles. The SMILES string of the molecule is O=C1CCN(C(=O)c2c(O)cccc2F)c2ccccc21. The molecule has 2 aromatic rings. The normalized spacial score (nSPS) is 14.0. The number of para-hydroxylation sites is 1. The predicted octanol–water partition coefficient (Wildman–Crippen LogP) is 2.76. The van der Waals surface area contributed by atoms with Crippen molar-refractivity contribution in [2.45, 2.75) is 6.42 Å². The van der Waals surface area contributed by atoms with Crippen molar-refractivity contribution >= 4 is 17.4 Å². The van der Waals surface area contributed by atoms with Gasteiger partial charge in [0.25, 0.3) is 5.91 Å². The molecule has 0 saturated heterocycles. The zero-order valence-electron chi connectivity index (χ0n) is 11.0. The van der Waals surface area contributed by atoms with Crippen LogP contribution in [0.5, 0.6) is 5.75 Å². The molecule has 0 unspecified atom stereocenters. The van der Waals surface area contributed by atoms with E-state index in [4.69, 9.17) is 0 Å². The van der Waals surface area contributed by atoms with E-state index in [-0.39, 0.29) is 24.3 Å². The Bertz CT molecular complexity index is 722. The number of carbonyl (C=O) groups is 2. The maximum Gasteiger partial charge on any atom is 0.265 e. The minimum atomic E-state index is -0.783. The summed E-state index contributed by atoms with van der Waals surface area (Å²) in [6.45, 7) is 0.169. The van der Waals surface area contributed by atoms with Gasteiger partial charge in [-0.3, -0.25) is 9.59 Å². The fourth-order valence-electron chi connectivity index (χ4n) is 2.48. The summed E-state index contributed by atoms with van der Waals surface area (Å²) in [6, 6.07) is 10.4. The molecule has 4 nitrogen and oxygen atoms in total. The summed E-state index contributed by atoms with van der Waals surface area (Å²) in [6.07, 6.45) is 0.179. The summed E-state index contributed by atoms with van der Waals surface area (Å²) in [5.74, 6) is -1.89. The molecule has 0 fully saturated rings. The summed E-state index contributed by atoms with van der Waals surface area (Å²) in [7, 11) is 0. The minimum absolute atomic E-state index is 0.0487. The highest BCUT2D eigenvalue weighted by Crippen LogP contribution is 2.30. The number of phenolic OH excluding ortho intramolecular Hbond substituents is 1. The molecule has 106 valence electrons. The zero-order chi connectivity index (χ0) is 15.0. The number of Topliss-reactive ketones (excluding diaryl/α,β-unsaturated/α-hetero) is 1. The molecular weight excluding hydrogens is 273 g/mol. The van der Waals surface area contributed by atoms with E-state index >= 15 is 0 Å².